The molecule has 0 aliphatic carbocycles. The number of hydrogen-bond donors (Lipinski definition) is 0. The van der Waals surface area contributed by atoms with Crippen LogP contribution in [-0.2, 0) is 13.1 Å². The van der Waals surface area contributed by atoms with Gasteiger partial charge in [0.25, 0.3) is 0 Å². The van der Waals surface area contributed by atoms with E-state index in [2.05, 4.69) is 9.88 Å². The summed E-state index contributed by atoms with van der Waals surface area (Å²) in [5.74, 6) is -0.0437. The number of pyridine rings is 1. The van der Waals surface area contributed by atoms with Gasteiger partial charge in [-0.2, -0.15) is 0 Å². The molecular formula is C15H17FN2O. The summed E-state index contributed by atoms with van der Waals surface area (Å²) in [7, 11) is 3.47. The molecule has 3 nitrogen and oxygen atoms in total. The lowest BCUT2D eigenvalue weighted by Crippen LogP contribution is -2.17. The highest BCUT2D eigenvalue weighted by Gasteiger charge is 2.06. The molecule has 0 spiro atoms. The molecule has 1 aromatic heterocycles. The van der Waals surface area contributed by atoms with Crippen LogP contribution in [-0.4, -0.2) is 24.0 Å². The first-order valence-electron chi connectivity index (χ1n) is 6.09. The maximum absolute atomic E-state index is 13.6. The number of rotatable bonds is 5. The van der Waals surface area contributed by atoms with Gasteiger partial charge in [0.1, 0.15) is 0 Å². The van der Waals surface area contributed by atoms with Crippen LogP contribution in [0.4, 0.5) is 4.39 Å². The fourth-order valence-electron chi connectivity index (χ4n) is 1.98. The average molecular weight is 260 g/mol. The van der Waals surface area contributed by atoms with Crippen LogP contribution in [0.5, 0.6) is 5.75 Å². The summed E-state index contributed by atoms with van der Waals surface area (Å²) < 4.78 is 18.5. The van der Waals surface area contributed by atoms with E-state index >= 15 is 0 Å². The zero-order valence-electron chi connectivity index (χ0n) is 11.1. The second kappa shape index (κ2) is 6.29. The quantitative estimate of drug-likeness (QED) is 0.826. The zero-order valence-corrected chi connectivity index (χ0v) is 11.1. The lowest BCUT2D eigenvalue weighted by Gasteiger charge is -2.17. The molecule has 4 heteroatoms. The SMILES string of the molecule is COc1ccc(CN(C)Cc2ccncc2)cc1F. The molecule has 100 valence electrons. The molecule has 0 aliphatic heterocycles. The number of methoxy groups -OCH3 is 1. The summed E-state index contributed by atoms with van der Waals surface area (Å²) in [5, 5.41) is 0. The smallest absolute Gasteiger partial charge is 0.165 e. The van der Waals surface area contributed by atoms with Gasteiger partial charge in [-0.15, -0.1) is 0 Å². The van der Waals surface area contributed by atoms with E-state index in [-0.39, 0.29) is 11.6 Å². The third kappa shape index (κ3) is 3.76. The predicted molar refractivity (Wildman–Crippen MR) is 72.4 cm³/mol. The molecule has 0 radical (unpaired) electrons. The highest BCUT2D eigenvalue weighted by molar-refractivity contribution is 5.29. The van der Waals surface area contributed by atoms with Crippen LogP contribution >= 0.6 is 0 Å². The minimum atomic E-state index is -0.322. The van der Waals surface area contributed by atoms with Gasteiger partial charge in [-0.3, -0.25) is 9.88 Å². The Morgan fingerprint density at radius 1 is 1.11 bits per heavy atom. The molecule has 0 saturated heterocycles. The molecule has 0 aliphatic rings. The Hall–Kier alpha value is -1.94. The second-order valence-electron chi connectivity index (χ2n) is 4.50. The van der Waals surface area contributed by atoms with Crippen molar-refractivity contribution >= 4 is 0 Å². The molecule has 0 fully saturated rings. The highest BCUT2D eigenvalue weighted by Crippen LogP contribution is 2.18. The van der Waals surface area contributed by atoms with Gasteiger partial charge in [0.2, 0.25) is 0 Å². The molecule has 0 bridgehead atoms. The van der Waals surface area contributed by atoms with Crippen molar-refractivity contribution in [1.82, 2.24) is 9.88 Å². The molecule has 0 saturated carbocycles. The summed E-state index contributed by atoms with van der Waals surface area (Å²) in [5.41, 5.74) is 2.11. The summed E-state index contributed by atoms with van der Waals surface area (Å²) in [6.45, 7) is 1.49. The summed E-state index contributed by atoms with van der Waals surface area (Å²) >= 11 is 0. The maximum Gasteiger partial charge on any atom is 0.165 e. The van der Waals surface area contributed by atoms with E-state index < -0.39 is 0 Å². The summed E-state index contributed by atoms with van der Waals surface area (Å²) in [6, 6.07) is 9.01. The van der Waals surface area contributed by atoms with Gasteiger partial charge in [-0.05, 0) is 42.4 Å². The topological polar surface area (TPSA) is 25.4 Å². The average Bonchev–Trinajstić information content (AvgIpc) is 2.40. The summed E-state index contributed by atoms with van der Waals surface area (Å²) in [4.78, 5) is 6.11. The van der Waals surface area contributed by atoms with Gasteiger partial charge in [0.05, 0.1) is 7.11 Å². The Balaban J connectivity index is 1.99. The van der Waals surface area contributed by atoms with Gasteiger partial charge in [0.15, 0.2) is 11.6 Å². The molecule has 0 unspecified atom stereocenters. The van der Waals surface area contributed by atoms with Crippen molar-refractivity contribution in [3.05, 3.63) is 59.7 Å². The molecular weight excluding hydrogens is 243 g/mol. The van der Waals surface area contributed by atoms with Crippen LogP contribution in [0.3, 0.4) is 0 Å². The third-order valence-corrected chi connectivity index (χ3v) is 2.87. The van der Waals surface area contributed by atoms with Crippen molar-refractivity contribution in [2.45, 2.75) is 13.1 Å². The van der Waals surface area contributed by atoms with Crippen LogP contribution in [0.2, 0.25) is 0 Å². The number of benzene rings is 1. The van der Waals surface area contributed by atoms with Gasteiger partial charge in [0, 0.05) is 25.5 Å². The minimum Gasteiger partial charge on any atom is -0.494 e. The van der Waals surface area contributed by atoms with Gasteiger partial charge in [-0.1, -0.05) is 6.07 Å². The molecule has 19 heavy (non-hydrogen) atoms. The van der Waals surface area contributed by atoms with Crippen LogP contribution in [0.15, 0.2) is 42.7 Å². The Bertz CT molecular complexity index is 531. The van der Waals surface area contributed by atoms with Crippen molar-refractivity contribution in [3.63, 3.8) is 0 Å². The first-order valence-corrected chi connectivity index (χ1v) is 6.09. The standard InChI is InChI=1S/C15H17FN2O/c1-18(10-12-5-7-17-8-6-12)11-13-3-4-15(19-2)14(16)9-13/h3-9H,10-11H2,1-2H3. The number of hydrogen-bond acceptors (Lipinski definition) is 3. The fraction of sp³-hybridized carbons (Fsp3) is 0.267. The van der Waals surface area contributed by atoms with E-state index in [1.54, 1.807) is 18.5 Å². The maximum atomic E-state index is 13.6. The van der Waals surface area contributed by atoms with E-state index in [4.69, 9.17) is 4.74 Å². The lowest BCUT2D eigenvalue weighted by atomic mass is 10.2. The van der Waals surface area contributed by atoms with Crippen molar-refractivity contribution in [1.29, 1.82) is 0 Å². The van der Waals surface area contributed by atoms with E-state index in [9.17, 15) is 4.39 Å². The zero-order chi connectivity index (χ0) is 13.7. The third-order valence-electron chi connectivity index (χ3n) is 2.87. The van der Waals surface area contributed by atoms with Crippen molar-refractivity contribution in [2.24, 2.45) is 0 Å². The first kappa shape index (κ1) is 13.5. The largest absolute Gasteiger partial charge is 0.494 e. The molecule has 2 aromatic rings. The number of nitrogens with zero attached hydrogens (tertiary/aromatic N) is 2. The molecule has 2 rings (SSSR count). The Kier molecular flexibility index (Phi) is 4.47. The van der Waals surface area contributed by atoms with Crippen molar-refractivity contribution in [2.75, 3.05) is 14.2 Å². The second-order valence-corrected chi connectivity index (χ2v) is 4.50. The van der Waals surface area contributed by atoms with E-state index in [1.807, 2.05) is 25.2 Å². The minimum absolute atomic E-state index is 0.278. The van der Waals surface area contributed by atoms with Crippen molar-refractivity contribution < 1.29 is 9.13 Å². The highest BCUT2D eigenvalue weighted by atomic mass is 19.1. The van der Waals surface area contributed by atoms with Gasteiger partial charge >= 0.3 is 0 Å². The van der Waals surface area contributed by atoms with E-state index in [0.29, 0.717) is 6.54 Å². The Morgan fingerprint density at radius 3 is 2.42 bits per heavy atom. The Labute approximate surface area is 112 Å². The normalized spacial score (nSPS) is 10.7. The van der Waals surface area contributed by atoms with Crippen LogP contribution < -0.4 is 4.74 Å². The lowest BCUT2D eigenvalue weighted by molar-refractivity contribution is 0.317. The van der Waals surface area contributed by atoms with Crippen LogP contribution in [0, 0.1) is 5.82 Å². The van der Waals surface area contributed by atoms with E-state index in [0.717, 1.165) is 12.1 Å². The van der Waals surface area contributed by atoms with Crippen molar-refractivity contribution in [3.8, 4) is 5.75 Å². The summed E-state index contributed by atoms with van der Waals surface area (Å²) in [6.07, 6.45) is 3.55. The Morgan fingerprint density at radius 2 is 1.79 bits per heavy atom. The number of aromatic nitrogens is 1. The number of ether oxygens (including phenoxy) is 1. The molecule has 1 aromatic carbocycles. The number of halogens is 1. The van der Waals surface area contributed by atoms with Gasteiger partial charge in [-0.25, -0.2) is 4.39 Å². The molecule has 0 atom stereocenters. The fourth-order valence-corrected chi connectivity index (χ4v) is 1.98. The molecule has 1 heterocycles. The molecule has 0 amide bonds. The van der Waals surface area contributed by atoms with Crippen LogP contribution in [0.1, 0.15) is 11.1 Å². The van der Waals surface area contributed by atoms with E-state index in [1.165, 1.54) is 18.7 Å². The predicted octanol–water partition coefficient (Wildman–Crippen LogP) is 2.86. The first-order chi connectivity index (χ1) is 9.19. The van der Waals surface area contributed by atoms with Crippen LogP contribution in [0.25, 0.3) is 0 Å². The monoisotopic (exact) mass is 260 g/mol. The van der Waals surface area contributed by atoms with Gasteiger partial charge < -0.3 is 4.74 Å². The molecule has 0 N–H and O–H groups in total.